The summed E-state index contributed by atoms with van der Waals surface area (Å²) in [5.74, 6) is 0.679. The summed E-state index contributed by atoms with van der Waals surface area (Å²) >= 11 is 6.08. The molecule has 0 spiro atoms. The van der Waals surface area contributed by atoms with Crippen LogP contribution in [0.1, 0.15) is 30.9 Å². The lowest BCUT2D eigenvalue weighted by molar-refractivity contribution is -0.121. The van der Waals surface area contributed by atoms with Crippen LogP contribution in [0.5, 0.6) is 0 Å². The van der Waals surface area contributed by atoms with Crippen molar-refractivity contribution in [1.29, 1.82) is 0 Å². The first kappa shape index (κ1) is 19.9. The van der Waals surface area contributed by atoms with Gasteiger partial charge in [-0.1, -0.05) is 48.9 Å². The Morgan fingerprint density at radius 2 is 1.85 bits per heavy atom. The number of rotatable bonds is 7. The van der Waals surface area contributed by atoms with Crippen LogP contribution < -0.4 is 5.32 Å². The first-order valence-corrected chi connectivity index (χ1v) is 9.90. The third kappa shape index (κ3) is 6.35. The van der Waals surface area contributed by atoms with Crippen molar-refractivity contribution >= 4 is 23.2 Å². The molecule has 1 saturated heterocycles. The predicted molar refractivity (Wildman–Crippen MR) is 110 cm³/mol. The van der Waals surface area contributed by atoms with E-state index in [0.29, 0.717) is 11.6 Å². The highest BCUT2D eigenvalue weighted by atomic mass is 35.5. The van der Waals surface area contributed by atoms with Crippen LogP contribution in [-0.2, 0) is 22.7 Å². The predicted octanol–water partition coefficient (Wildman–Crippen LogP) is 4.73. The number of benzene rings is 2. The van der Waals surface area contributed by atoms with E-state index in [2.05, 4.69) is 29.3 Å². The van der Waals surface area contributed by atoms with Gasteiger partial charge in [-0.2, -0.15) is 0 Å². The molecule has 5 heteroatoms. The number of halogens is 1. The molecule has 0 atom stereocenters. The molecule has 0 radical (unpaired) electrons. The van der Waals surface area contributed by atoms with E-state index in [9.17, 15) is 4.79 Å². The average molecular weight is 387 g/mol. The van der Waals surface area contributed by atoms with E-state index in [1.165, 1.54) is 31.5 Å². The number of hydrogen-bond donors (Lipinski definition) is 1. The molecule has 1 aliphatic rings. The number of likely N-dealkylation sites (tertiary alicyclic amines) is 1. The second kappa shape index (κ2) is 9.88. The summed E-state index contributed by atoms with van der Waals surface area (Å²) in [7, 11) is 0. The molecule has 144 valence electrons. The molecule has 2 aromatic rings. The molecule has 1 heterocycles. The molecular weight excluding hydrogens is 360 g/mol. The SMILES string of the molecule is CC1CCN(Cc2ccc(NC(=O)COCc3ccccc3Cl)cc2)CC1. The van der Waals surface area contributed by atoms with Crippen LogP contribution in [0.3, 0.4) is 0 Å². The smallest absolute Gasteiger partial charge is 0.250 e. The van der Waals surface area contributed by atoms with E-state index in [4.69, 9.17) is 16.3 Å². The van der Waals surface area contributed by atoms with E-state index in [1.54, 1.807) is 0 Å². The fourth-order valence-electron chi connectivity index (χ4n) is 3.24. The number of piperidine rings is 1. The third-order valence-electron chi connectivity index (χ3n) is 4.97. The number of hydrogen-bond acceptors (Lipinski definition) is 3. The van der Waals surface area contributed by atoms with E-state index >= 15 is 0 Å². The van der Waals surface area contributed by atoms with Gasteiger partial charge in [0.1, 0.15) is 6.61 Å². The van der Waals surface area contributed by atoms with Gasteiger partial charge in [-0.3, -0.25) is 9.69 Å². The quantitative estimate of drug-likeness (QED) is 0.748. The molecule has 3 rings (SSSR count). The minimum absolute atomic E-state index is 0.00105. The Balaban J connectivity index is 1.41. The van der Waals surface area contributed by atoms with Crippen molar-refractivity contribution < 1.29 is 9.53 Å². The van der Waals surface area contributed by atoms with Gasteiger partial charge in [-0.15, -0.1) is 0 Å². The lowest BCUT2D eigenvalue weighted by Gasteiger charge is -2.30. The monoisotopic (exact) mass is 386 g/mol. The molecule has 2 aromatic carbocycles. The number of nitrogens with zero attached hydrogens (tertiary/aromatic N) is 1. The third-order valence-corrected chi connectivity index (χ3v) is 5.34. The number of amides is 1. The number of anilines is 1. The molecule has 1 aliphatic heterocycles. The van der Waals surface area contributed by atoms with Crippen molar-refractivity contribution in [2.75, 3.05) is 25.0 Å². The molecule has 0 saturated carbocycles. The van der Waals surface area contributed by atoms with Gasteiger partial charge in [0, 0.05) is 17.3 Å². The van der Waals surface area contributed by atoms with Crippen LogP contribution in [-0.4, -0.2) is 30.5 Å². The fraction of sp³-hybridized carbons (Fsp3) is 0.409. The second-order valence-electron chi connectivity index (χ2n) is 7.29. The van der Waals surface area contributed by atoms with E-state index in [1.807, 2.05) is 36.4 Å². The summed E-state index contributed by atoms with van der Waals surface area (Å²) in [6.45, 7) is 5.96. The summed E-state index contributed by atoms with van der Waals surface area (Å²) in [4.78, 5) is 14.5. The normalized spacial score (nSPS) is 15.6. The van der Waals surface area contributed by atoms with E-state index in [-0.39, 0.29) is 12.5 Å². The lowest BCUT2D eigenvalue weighted by Crippen LogP contribution is -2.32. The first-order chi connectivity index (χ1) is 13.1. The molecule has 0 bridgehead atoms. The maximum atomic E-state index is 12.0. The zero-order valence-electron chi connectivity index (χ0n) is 15.8. The van der Waals surface area contributed by atoms with Crippen molar-refractivity contribution in [2.24, 2.45) is 5.92 Å². The Morgan fingerprint density at radius 3 is 2.56 bits per heavy atom. The highest BCUT2D eigenvalue weighted by Crippen LogP contribution is 2.19. The molecule has 0 aliphatic carbocycles. The minimum Gasteiger partial charge on any atom is -0.367 e. The molecular formula is C22H27ClN2O2. The summed E-state index contributed by atoms with van der Waals surface area (Å²) in [6.07, 6.45) is 2.56. The first-order valence-electron chi connectivity index (χ1n) is 9.52. The minimum atomic E-state index is -0.167. The van der Waals surface area contributed by atoms with Crippen LogP contribution >= 0.6 is 11.6 Å². The van der Waals surface area contributed by atoms with Gasteiger partial charge in [0.2, 0.25) is 5.91 Å². The van der Waals surface area contributed by atoms with Gasteiger partial charge in [0.05, 0.1) is 6.61 Å². The summed E-state index contributed by atoms with van der Waals surface area (Å²) in [5, 5.41) is 3.52. The largest absolute Gasteiger partial charge is 0.367 e. The van der Waals surface area contributed by atoms with Crippen LogP contribution in [0, 0.1) is 5.92 Å². The number of carbonyl (C=O) groups is 1. The summed E-state index contributed by atoms with van der Waals surface area (Å²) in [5.41, 5.74) is 2.94. The van der Waals surface area contributed by atoms with Gasteiger partial charge < -0.3 is 10.1 Å². The highest BCUT2D eigenvalue weighted by Gasteiger charge is 2.15. The molecule has 1 fully saturated rings. The standard InChI is InChI=1S/C22H27ClN2O2/c1-17-10-12-25(13-11-17)14-18-6-8-20(9-7-18)24-22(26)16-27-15-19-4-2-3-5-21(19)23/h2-9,17H,10-16H2,1H3,(H,24,26). The van der Waals surface area contributed by atoms with E-state index < -0.39 is 0 Å². The molecule has 4 nitrogen and oxygen atoms in total. The fourth-order valence-corrected chi connectivity index (χ4v) is 3.43. The Hall–Kier alpha value is -1.88. The van der Waals surface area contributed by atoms with Gasteiger partial charge in [0.25, 0.3) is 0 Å². The van der Waals surface area contributed by atoms with Crippen LogP contribution in [0.25, 0.3) is 0 Å². The Labute approximate surface area is 166 Å². The van der Waals surface area contributed by atoms with Gasteiger partial charge >= 0.3 is 0 Å². The maximum absolute atomic E-state index is 12.0. The van der Waals surface area contributed by atoms with Crippen LogP contribution in [0.2, 0.25) is 5.02 Å². The zero-order valence-corrected chi connectivity index (χ0v) is 16.5. The van der Waals surface area contributed by atoms with Gasteiger partial charge in [-0.25, -0.2) is 0 Å². The van der Waals surface area contributed by atoms with E-state index in [0.717, 1.165) is 23.7 Å². The van der Waals surface area contributed by atoms with Crippen molar-refractivity contribution in [3.8, 4) is 0 Å². The topological polar surface area (TPSA) is 41.6 Å². The molecule has 0 aromatic heterocycles. The van der Waals surface area contributed by atoms with Gasteiger partial charge in [-0.05, 0) is 61.2 Å². The molecule has 1 amide bonds. The molecule has 1 N–H and O–H groups in total. The van der Waals surface area contributed by atoms with Crippen molar-refractivity contribution in [1.82, 2.24) is 4.90 Å². The molecule has 27 heavy (non-hydrogen) atoms. The van der Waals surface area contributed by atoms with Crippen LogP contribution in [0.4, 0.5) is 5.69 Å². The summed E-state index contributed by atoms with van der Waals surface area (Å²) in [6, 6.07) is 15.5. The van der Waals surface area contributed by atoms with Gasteiger partial charge in [0.15, 0.2) is 0 Å². The number of carbonyl (C=O) groups excluding carboxylic acids is 1. The van der Waals surface area contributed by atoms with Crippen molar-refractivity contribution in [2.45, 2.75) is 32.9 Å². The highest BCUT2D eigenvalue weighted by molar-refractivity contribution is 6.31. The second-order valence-corrected chi connectivity index (χ2v) is 7.70. The number of nitrogens with one attached hydrogen (secondary N) is 1. The van der Waals surface area contributed by atoms with Crippen molar-refractivity contribution in [3.63, 3.8) is 0 Å². The molecule has 0 unspecified atom stereocenters. The average Bonchev–Trinajstić information content (AvgIpc) is 2.67. The Bertz CT molecular complexity index is 740. The number of ether oxygens (including phenoxy) is 1. The zero-order chi connectivity index (χ0) is 19.1. The Morgan fingerprint density at radius 1 is 1.15 bits per heavy atom. The Kier molecular flexibility index (Phi) is 7.27. The lowest BCUT2D eigenvalue weighted by atomic mass is 9.99. The van der Waals surface area contributed by atoms with Crippen molar-refractivity contribution in [3.05, 3.63) is 64.7 Å². The maximum Gasteiger partial charge on any atom is 0.250 e. The van der Waals surface area contributed by atoms with Crippen LogP contribution in [0.15, 0.2) is 48.5 Å². The summed E-state index contributed by atoms with van der Waals surface area (Å²) < 4.78 is 5.46.